The fourth-order valence-corrected chi connectivity index (χ4v) is 2.47. The number of hydrogen-bond donors (Lipinski definition) is 2. The summed E-state index contributed by atoms with van der Waals surface area (Å²) in [6.07, 6.45) is 3.06. The molecular formula is C12H16ClFN2O. The van der Waals surface area contributed by atoms with Crippen molar-refractivity contribution in [3.63, 3.8) is 0 Å². The van der Waals surface area contributed by atoms with Gasteiger partial charge in [-0.3, -0.25) is 0 Å². The molecule has 1 aliphatic heterocycles. The van der Waals surface area contributed by atoms with Crippen molar-refractivity contribution in [3.8, 4) is 0 Å². The number of rotatable bonds is 2. The van der Waals surface area contributed by atoms with E-state index in [1.165, 1.54) is 6.07 Å². The largest absolute Gasteiger partial charge is 0.397 e. The molecule has 2 rings (SSSR count). The number of aliphatic hydroxyl groups is 1. The first-order valence-electron chi connectivity index (χ1n) is 5.75. The lowest BCUT2D eigenvalue weighted by Crippen LogP contribution is -2.42. The van der Waals surface area contributed by atoms with Crippen LogP contribution in [0.4, 0.5) is 15.8 Å². The van der Waals surface area contributed by atoms with Crippen LogP contribution in [0.5, 0.6) is 0 Å². The Hall–Kier alpha value is -1.00. The van der Waals surface area contributed by atoms with E-state index in [9.17, 15) is 9.50 Å². The molecule has 1 heterocycles. The van der Waals surface area contributed by atoms with Gasteiger partial charge in [-0.05, 0) is 25.3 Å². The summed E-state index contributed by atoms with van der Waals surface area (Å²) < 4.78 is 13.2. The highest BCUT2D eigenvalue weighted by Gasteiger charge is 2.24. The second kappa shape index (κ2) is 5.10. The number of piperidine rings is 1. The van der Waals surface area contributed by atoms with Crippen LogP contribution in [0.3, 0.4) is 0 Å². The van der Waals surface area contributed by atoms with E-state index in [0.717, 1.165) is 31.5 Å². The number of aliphatic hydroxyl groups excluding tert-OH is 1. The van der Waals surface area contributed by atoms with E-state index in [4.69, 9.17) is 17.3 Å². The van der Waals surface area contributed by atoms with Crippen LogP contribution >= 0.6 is 11.6 Å². The quantitative estimate of drug-likeness (QED) is 0.801. The Morgan fingerprint density at radius 2 is 2.24 bits per heavy atom. The highest BCUT2D eigenvalue weighted by atomic mass is 35.5. The van der Waals surface area contributed by atoms with Gasteiger partial charge in [0.15, 0.2) is 0 Å². The van der Waals surface area contributed by atoms with Crippen LogP contribution in [0.15, 0.2) is 12.1 Å². The van der Waals surface area contributed by atoms with E-state index in [1.54, 1.807) is 6.07 Å². The molecule has 17 heavy (non-hydrogen) atoms. The van der Waals surface area contributed by atoms with Gasteiger partial charge >= 0.3 is 0 Å². The van der Waals surface area contributed by atoms with Gasteiger partial charge in [0.05, 0.1) is 29.0 Å². The lowest BCUT2D eigenvalue weighted by Gasteiger charge is -2.37. The van der Waals surface area contributed by atoms with Gasteiger partial charge in [0.1, 0.15) is 5.82 Å². The number of hydrogen-bond acceptors (Lipinski definition) is 3. The summed E-state index contributed by atoms with van der Waals surface area (Å²) in [6, 6.07) is 2.83. The Bertz CT molecular complexity index is 414. The summed E-state index contributed by atoms with van der Waals surface area (Å²) in [5, 5.41) is 9.41. The lowest BCUT2D eigenvalue weighted by molar-refractivity contribution is 0.240. The average molecular weight is 259 g/mol. The van der Waals surface area contributed by atoms with Crippen LogP contribution in [-0.4, -0.2) is 24.3 Å². The number of anilines is 2. The van der Waals surface area contributed by atoms with E-state index in [1.807, 2.05) is 4.90 Å². The Balaban J connectivity index is 2.34. The molecule has 1 unspecified atom stereocenters. The zero-order valence-electron chi connectivity index (χ0n) is 9.50. The van der Waals surface area contributed by atoms with Gasteiger partial charge in [-0.1, -0.05) is 11.6 Å². The zero-order valence-corrected chi connectivity index (χ0v) is 10.3. The normalized spacial score (nSPS) is 20.6. The summed E-state index contributed by atoms with van der Waals surface area (Å²) in [5.74, 6) is -0.509. The van der Waals surface area contributed by atoms with Gasteiger partial charge in [0.25, 0.3) is 0 Å². The summed E-state index contributed by atoms with van der Waals surface area (Å²) in [7, 11) is 0. The van der Waals surface area contributed by atoms with Gasteiger partial charge in [-0.15, -0.1) is 0 Å². The van der Waals surface area contributed by atoms with Crippen molar-refractivity contribution in [1.29, 1.82) is 0 Å². The molecule has 5 heteroatoms. The van der Waals surface area contributed by atoms with Crippen LogP contribution < -0.4 is 10.6 Å². The third kappa shape index (κ3) is 2.48. The topological polar surface area (TPSA) is 49.5 Å². The number of halogens is 2. The maximum absolute atomic E-state index is 13.2. The van der Waals surface area contributed by atoms with E-state index in [-0.39, 0.29) is 17.7 Å². The van der Waals surface area contributed by atoms with Crippen molar-refractivity contribution < 1.29 is 9.50 Å². The minimum absolute atomic E-state index is 0.0487. The number of benzene rings is 1. The molecular weight excluding hydrogens is 243 g/mol. The van der Waals surface area contributed by atoms with E-state index in [2.05, 4.69) is 0 Å². The van der Waals surface area contributed by atoms with Crippen molar-refractivity contribution in [3.05, 3.63) is 23.0 Å². The fraction of sp³-hybridized carbons (Fsp3) is 0.500. The summed E-state index contributed by atoms with van der Waals surface area (Å²) in [4.78, 5) is 2.02. The molecule has 0 radical (unpaired) electrons. The predicted octanol–water partition coefficient (Wildman–Crippen LogP) is 2.41. The van der Waals surface area contributed by atoms with Crippen LogP contribution in [0, 0.1) is 5.82 Å². The molecule has 3 nitrogen and oxygen atoms in total. The van der Waals surface area contributed by atoms with Gasteiger partial charge in [0.2, 0.25) is 0 Å². The van der Waals surface area contributed by atoms with Crippen molar-refractivity contribution in [2.45, 2.75) is 25.3 Å². The first-order valence-corrected chi connectivity index (χ1v) is 6.13. The predicted molar refractivity (Wildman–Crippen MR) is 67.9 cm³/mol. The van der Waals surface area contributed by atoms with Crippen LogP contribution in [0.2, 0.25) is 5.02 Å². The minimum Gasteiger partial charge on any atom is -0.397 e. The maximum Gasteiger partial charge on any atom is 0.143 e. The van der Waals surface area contributed by atoms with Crippen LogP contribution in [0.1, 0.15) is 19.3 Å². The molecule has 1 saturated heterocycles. The summed E-state index contributed by atoms with van der Waals surface area (Å²) >= 11 is 5.78. The average Bonchev–Trinajstić information content (AvgIpc) is 2.34. The van der Waals surface area contributed by atoms with Crippen molar-refractivity contribution in [1.82, 2.24) is 0 Å². The first kappa shape index (κ1) is 12.5. The third-order valence-electron chi connectivity index (χ3n) is 3.22. The monoisotopic (exact) mass is 258 g/mol. The molecule has 0 aromatic heterocycles. The van der Waals surface area contributed by atoms with E-state index < -0.39 is 5.82 Å². The van der Waals surface area contributed by atoms with Gasteiger partial charge in [-0.2, -0.15) is 0 Å². The number of nitrogens with zero attached hydrogens (tertiary/aromatic N) is 1. The van der Waals surface area contributed by atoms with E-state index >= 15 is 0 Å². The molecule has 1 aliphatic rings. The fourth-order valence-electron chi connectivity index (χ4n) is 2.31. The summed E-state index contributed by atoms with van der Waals surface area (Å²) in [5.41, 5.74) is 6.90. The summed E-state index contributed by atoms with van der Waals surface area (Å²) in [6.45, 7) is 0.895. The Kier molecular flexibility index (Phi) is 3.74. The lowest BCUT2D eigenvalue weighted by atomic mass is 10.0. The Morgan fingerprint density at radius 3 is 2.94 bits per heavy atom. The number of nitrogens with two attached hydrogens (primary N) is 1. The first-order chi connectivity index (χ1) is 8.13. The molecule has 0 aliphatic carbocycles. The molecule has 0 saturated carbocycles. The second-order valence-electron chi connectivity index (χ2n) is 4.35. The molecule has 1 aromatic carbocycles. The molecule has 1 fully saturated rings. The maximum atomic E-state index is 13.2. The molecule has 3 N–H and O–H groups in total. The van der Waals surface area contributed by atoms with Crippen molar-refractivity contribution in [2.75, 3.05) is 23.8 Å². The van der Waals surface area contributed by atoms with Gasteiger partial charge < -0.3 is 15.7 Å². The molecule has 0 amide bonds. The standard InChI is InChI=1S/C12H16ClFN2O/c13-9-5-12(11(15)6-10(9)14)16-4-2-1-3-8(16)7-17/h5-6,8,17H,1-4,7,15H2. The third-order valence-corrected chi connectivity index (χ3v) is 3.51. The van der Waals surface area contributed by atoms with Crippen molar-refractivity contribution in [2.24, 2.45) is 0 Å². The SMILES string of the molecule is Nc1cc(F)c(Cl)cc1N1CCCCC1CO. The highest BCUT2D eigenvalue weighted by molar-refractivity contribution is 6.31. The molecule has 0 spiro atoms. The van der Waals surface area contributed by atoms with Gasteiger partial charge in [-0.25, -0.2) is 4.39 Å². The van der Waals surface area contributed by atoms with Crippen LogP contribution in [-0.2, 0) is 0 Å². The molecule has 0 bridgehead atoms. The Labute approximate surface area is 105 Å². The van der Waals surface area contributed by atoms with Crippen molar-refractivity contribution >= 4 is 23.0 Å². The smallest absolute Gasteiger partial charge is 0.143 e. The number of nitrogen functional groups attached to an aromatic ring is 1. The molecule has 94 valence electrons. The van der Waals surface area contributed by atoms with Gasteiger partial charge in [0, 0.05) is 12.6 Å². The molecule has 1 atom stereocenters. The van der Waals surface area contributed by atoms with E-state index in [0.29, 0.717) is 5.69 Å². The minimum atomic E-state index is -0.509. The highest BCUT2D eigenvalue weighted by Crippen LogP contribution is 2.33. The van der Waals surface area contributed by atoms with Crippen LogP contribution in [0.25, 0.3) is 0 Å². The Morgan fingerprint density at radius 1 is 1.47 bits per heavy atom. The second-order valence-corrected chi connectivity index (χ2v) is 4.76. The zero-order chi connectivity index (χ0) is 12.4. The molecule has 1 aromatic rings.